The third kappa shape index (κ3) is 1.56. The zero-order valence-electron chi connectivity index (χ0n) is 9.35. The van der Waals surface area contributed by atoms with E-state index in [-0.39, 0.29) is 12.2 Å². The van der Waals surface area contributed by atoms with E-state index in [2.05, 4.69) is 13.0 Å². The highest BCUT2D eigenvalue weighted by Crippen LogP contribution is 2.35. The molecule has 1 saturated carbocycles. The van der Waals surface area contributed by atoms with Gasteiger partial charge in [-0.2, -0.15) is 0 Å². The van der Waals surface area contributed by atoms with Gasteiger partial charge in [0.25, 0.3) is 0 Å². The Morgan fingerprint density at radius 3 is 2.75 bits per heavy atom. The molecule has 3 nitrogen and oxygen atoms in total. The molecule has 0 radical (unpaired) electrons. The van der Waals surface area contributed by atoms with Gasteiger partial charge in [0.1, 0.15) is 6.10 Å². The highest BCUT2D eigenvalue weighted by Gasteiger charge is 2.41. The molecule has 1 aliphatic carbocycles. The number of hydrogen-bond donors (Lipinski definition) is 0. The van der Waals surface area contributed by atoms with E-state index >= 15 is 0 Å². The minimum absolute atomic E-state index is 0.0747. The van der Waals surface area contributed by atoms with Crippen LogP contribution in [-0.2, 0) is 4.74 Å². The Hall–Kier alpha value is -1.51. The number of carbonyl (C=O) groups is 1. The quantitative estimate of drug-likeness (QED) is 0.762. The second kappa shape index (κ2) is 3.51. The summed E-state index contributed by atoms with van der Waals surface area (Å²) in [5.41, 5.74) is 2.33. The molecule has 0 aromatic heterocycles. The van der Waals surface area contributed by atoms with Crippen molar-refractivity contribution in [3.8, 4) is 0 Å². The van der Waals surface area contributed by atoms with E-state index in [1.54, 1.807) is 0 Å². The number of aryl methyl sites for hydroxylation is 1. The summed E-state index contributed by atoms with van der Waals surface area (Å²) < 4.78 is 5.43. The molecule has 16 heavy (non-hydrogen) atoms. The van der Waals surface area contributed by atoms with Crippen molar-refractivity contribution in [2.45, 2.75) is 31.9 Å². The summed E-state index contributed by atoms with van der Waals surface area (Å²) in [7, 11) is 0. The van der Waals surface area contributed by atoms with Crippen molar-refractivity contribution < 1.29 is 9.53 Å². The Bertz CT molecular complexity index is 426. The molecule has 1 heterocycles. The number of hydrogen-bond acceptors (Lipinski definition) is 2. The van der Waals surface area contributed by atoms with E-state index in [9.17, 15) is 4.79 Å². The molecule has 2 aliphatic rings. The first kappa shape index (κ1) is 9.70. The number of rotatable bonds is 2. The van der Waals surface area contributed by atoms with Gasteiger partial charge >= 0.3 is 6.09 Å². The summed E-state index contributed by atoms with van der Waals surface area (Å²) in [6.45, 7) is 2.78. The zero-order chi connectivity index (χ0) is 11.1. The fourth-order valence-electron chi connectivity index (χ4n) is 2.27. The third-order valence-corrected chi connectivity index (χ3v) is 3.36. The third-order valence-electron chi connectivity index (χ3n) is 3.36. The van der Waals surface area contributed by atoms with Crippen LogP contribution in [0.2, 0.25) is 0 Å². The molecule has 0 N–H and O–H groups in total. The Kier molecular flexibility index (Phi) is 2.13. The number of carbonyl (C=O) groups excluding carboxylic acids is 1. The van der Waals surface area contributed by atoms with Crippen LogP contribution in [0.1, 0.15) is 30.1 Å². The highest BCUT2D eigenvalue weighted by atomic mass is 16.6. The first-order chi connectivity index (χ1) is 7.75. The van der Waals surface area contributed by atoms with Gasteiger partial charge in [0, 0.05) is 6.04 Å². The van der Waals surface area contributed by atoms with Crippen LogP contribution >= 0.6 is 0 Å². The van der Waals surface area contributed by atoms with Crippen molar-refractivity contribution in [3.05, 3.63) is 35.4 Å². The molecule has 0 spiro atoms. The van der Waals surface area contributed by atoms with E-state index in [4.69, 9.17) is 4.74 Å². The molecule has 1 amide bonds. The van der Waals surface area contributed by atoms with Gasteiger partial charge in [0.05, 0.1) is 6.54 Å². The lowest BCUT2D eigenvalue weighted by molar-refractivity contribution is 0.132. The average Bonchev–Trinajstić information content (AvgIpc) is 3.03. The van der Waals surface area contributed by atoms with Crippen molar-refractivity contribution in [2.75, 3.05) is 6.54 Å². The Balaban J connectivity index is 1.82. The smallest absolute Gasteiger partial charge is 0.410 e. The maximum atomic E-state index is 11.7. The first-order valence-corrected chi connectivity index (χ1v) is 5.78. The molecule has 1 saturated heterocycles. The highest BCUT2D eigenvalue weighted by molar-refractivity contribution is 5.71. The molecule has 1 aromatic carbocycles. The summed E-state index contributed by atoms with van der Waals surface area (Å²) in [6.07, 6.45) is 2.05. The molecule has 84 valence electrons. The fourth-order valence-corrected chi connectivity index (χ4v) is 2.27. The van der Waals surface area contributed by atoms with Gasteiger partial charge in [0.2, 0.25) is 0 Å². The van der Waals surface area contributed by atoms with Crippen LogP contribution in [-0.4, -0.2) is 23.6 Å². The van der Waals surface area contributed by atoms with Gasteiger partial charge in [-0.3, -0.25) is 0 Å². The van der Waals surface area contributed by atoms with Gasteiger partial charge in [-0.25, -0.2) is 4.79 Å². The topological polar surface area (TPSA) is 29.5 Å². The molecule has 1 aliphatic heterocycles. The second-order valence-electron chi connectivity index (χ2n) is 4.61. The number of nitrogens with zero attached hydrogens (tertiary/aromatic N) is 1. The largest absolute Gasteiger partial charge is 0.439 e. The van der Waals surface area contributed by atoms with Gasteiger partial charge in [-0.05, 0) is 30.9 Å². The van der Waals surface area contributed by atoms with Crippen molar-refractivity contribution in [1.82, 2.24) is 4.90 Å². The molecule has 3 rings (SSSR count). The predicted octanol–water partition coefficient (Wildman–Crippen LogP) is 2.65. The second-order valence-corrected chi connectivity index (χ2v) is 4.61. The summed E-state index contributed by atoms with van der Waals surface area (Å²) >= 11 is 0. The van der Waals surface area contributed by atoms with E-state index in [0.29, 0.717) is 12.6 Å². The maximum Gasteiger partial charge on any atom is 0.410 e. The molecule has 1 atom stereocenters. The fraction of sp³-hybridized carbons (Fsp3) is 0.462. The molecular formula is C13H15NO2. The maximum absolute atomic E-state index is 11.7. The predicted molar refractivity (Wildman–Crippen MR) is 60.1 cm³/mol. The van der Waals surface area contributed by atoms with E-state index in [1.165, 1.54) is 5.56 Å². The average molecular weight is 217 g/mol. The summed E-state index contributed by atoms with van der Waals surface area (Å²) in [4.78, 5) is 13.5. The summed E-state index contributed by atoms with van der Waals surface area (Å²) in [5.74, 6) is 0. The van der Waals surface area contributed by atoms with Gasteiger partial charge < -0.3 is 9.64 Å². The van der Waals surface area contributed by atoms with Gasteiger partial charge in [-0.1, -0.05) is 24.3 Å². The van der Waals surface area contributed by atoms with Crippen molar-refractivity contribution in [2.24, 2.45) is 0 Å². The number of amides is 1. The Labute approximate surface area is 95.0 Å². The van der Waals surface area contributed by atoms with Gasteiger partial charge in [0.15, 0.2) is 0 Å². The normalized spacial score (nSPS) is 24.7. The minimum atomic E-state index is -0.143. The number of ether oxygens (including phenoxy) is 1. The molecule has 1 unspecified atom stereocenters. The van der Waals surface area contributed by atoms with E-state index in [0.717, 1.165) is 18.4 Å². The van der Waals surface area contributed by atoms with Crippen LogP contribution in [0.25, 0.3) is 0 Å². The van der Waals surface area contributed by atoms with E-state index in [1.807, 2.05) is 23.1 Å². The molecule has 3 heteroatoms. The minimum Gasteiger partial charge on any atom is -0.439 e. The molecular weight excluding hydrogens is 202 g/mol. The van der Waals surface area contributed by atoms with Crippen molar-refractivity contribution in [3.63, 3.8) is 0 Å². The van der Waals surface area contributed by atoms with Crippen LogP contribution in [0.15, 0.2) is 24.3 Å². The first-order valence-electron chi connectivity index (χ1n) is 5.78. The SMILES string of the molecule is Cc1ccccc1C1CN(C2CC2)C(=O)O1. The van der Waals surface area contributed by atoms with E-state index < -0.39 is 0 Å². The van der Waals surface area contributed by atoms with Crippen molar-refractivity contribution in [1.29, 1.82) is 0 Å². The van der Waals surface area contributed by atoms with Crippen LogP contribution in [0.4, 0.5) is 4.79 Å². The van der Waals surface area contributed by atoms with Gasteiger partial charge in [-0.15, -0.1) is 0 Å². The standard InChI is InChI=1S/C13H15NO2/c1-9-4-2-3-5-11(9)12-8-14(10-6-7-10)13(15)16-12/h2-5,10,12H,6-8H2,1H3. The lowest BCUT2D eigenvalue weighted by atomic mass is 10.0. The van der Waals surface area contributed by atoms with Crippen LogP contribution in [0.3, 0.4) is 0 Å². The lowest BCUT2D eigenvalue weighted by Crippen LogP contribution is -2.26. The molecule has 1 aromatic rings. The Morgan fingerprint density at radius 2 is 2.06 bits per heavy atom. The molecule has 0 bridgehead atoms. The lowest BCUT2D eigenvalue weighted by Gasteiger charge is -2.12. The monoisotopic (exact) mass is 217 g/mol. The van der Waals surface area contributed by atoms with Crippen LogP contribution in [0, 0.1) is 6.92 Å². The molecule has 2 fully saturated rings. The zero-order valence-corrected chi connectivity index (χ0v) is 9.35. The summed E-state index contributed by atoms with van der Waals surface area (Å²) in [6, 6.07) is 8.55. The van der Waals surface area contributed by atoms with Crippen molar-refractivity contribution >= 4 is 6.09 Å². The van der Waals surface area contributed by atoms with Crippen LogP contribution < -0.4 is 0 Å². The Morgan fingerprint density at radius 1 is 1.31 bits per heavy atom. The number of cyclic esters (lactones) is 1. The summed E-state index contributed by atoms with van der Waals surface area (Å²) in [5, 5.41) is 0. The number of benzene rings is 1. The van der Waals surface area contributed by atoms with Crippen LogP contribution in [0.5, 0.6) is 0 Å².